The molecule has 1 amide bonds. The highest BCUT2D eigenvalue weighted by Gasteiger charge is 2.12. The van der Waals surface area contributed by atoms with E-state index in [2.05, 4.69) is 16.9 Å². The predicted octanol–water partition coefficient (Wildman–Crippen LogP) is 2.55. The average Bonchev–Trinajstić information content (AvgIpc) is 2.72. The van der Waals surface area contributed by atoms with Crippen molar-refractivity contribution < 1.29 is 9.53 Å². The minimum absolute atomic E-state index is 0.145. The fourth-order valence-corrected chi connectivity index (χ4v) is 3.08. The molecule has 156 valence electrons. The van der Waals surface area contributed by atoms with Crippen LogP contribution >= 0.6 is 0 Å². The van der Waals surface area contributed by atoms with Gasteiger partial charge in [-0.05, 0) is 63.5 Å². The van der Waals surface area contributed by atoms with Crippen molar-refractivity contribution in [3.05, 3.63) is 76.9 Å². The quantitative estimate of drug-likeness (QED) is 0.582. The minimum Gasteiger partial charge on any atom is -0.490 e. The van der Waals surface area contributed by atoms with Gasteiger partial charge in [-0.3, -0.25) is 14.2 Å². The Bertz CT molecular complexity index is 1120. The second kappa shape index (κ2) is 9.37. The first-order valence-corrected chi connectivity index (χ1v) is 9.71. The van der Waals surface area contributed by atoms with E-state index in [1.165, 1.54) is 4.57 Å². The first kappa shape index (κ1) is 21.3. The van der Waals surface area contributed by atoms with E-state index in [9.17, 15) is 9.59 Å². The molecule has 0 aliphatic heterocycles. The second-order valence-corrected chi connectivity index (χ2v) is 7.18. The number of rotatable bonds is 8. The molecule has 0 aliphatic carbocycles. The number of hydrogen-bond donors (Lipinski definition) is 1. The number of fused-ring (bicyclic) bond motifs is 1. The molecule has 7 heteroatoms. The normalized spacial score (nSPS) is 10.9. The van der Waals surface area contributed by atoms with Crippen LogP contribution in [0, 0.1) is 6.92 Å². The molecule has 0 fully saturated rings. The molecule has 1 aromatic heterocycles. The van der Waals surface area contributed by atoms with Crippen LogP contribution in [0.15, 0.2) is 59.9 Å². The number of carbonyl (C=O) groups is 1. The zero-order chi connectivity index (χ0) is 21.7. The third kappa shape index (κ3) is 4.75. The van der Waals surface area contributed by atoms with E-state index in [1.807, 2.05) is 19.0 Å². The lowest BCUT2D eigenvalue weighted by atomic mass is 10.1. The summed E-state index contributed by atoms with van der Waals surface area (Å²) in [6.07, 6.45) is 1.65. The highest BCUT2D eigenvalue weighted by atomic mass is 16.5. The fourth-order valence-electron chi connectivity index (χ4n) is 3.08. The second-order valence-electron chi connectivity index (χ2n) is 7.18. The largest absolute Gasteiger partial charge is 0.490 e. The van der Waals surface area contributed by atoms with Gasteiger partial charge >= 0.3 is 0 Å². The number of benzene rings is 2. The standard InChI is InChI=1S/C23H26N4O3/c1-5-14-30-19-10-11-21-20(15-19)23(29)27(16(2)25-21)18-8-6-17(7-9-18)22(28)24-12-13-26(3)4/h5-11,15H,1,12-14H2,2-4H3,(H,24,28). The van der Waals surface area contributed by atoms with Gasteiger partial charge in [0.1, 0.15) is 18.2 Å². The smallest absolute Gasteiger partial charge is 0.266 e. The molecule has 0 saturated carbocycles. The van der Waals surface area contributed by atoms with E-state index in [4.69, 9.17) is 4.74 Å². The Kier molecular flexibility index (Phi) is 6.64. The van der Waals surface area contributed by atoms with Crippen molar-refractivity contribution in [2.24, 2.45) is 0 Å². The summed E-state index contributed by atoms with van der Waals surface area (Å²) in [5.41, 5.74) is 1.60. The molecule has 1 heterocycles. The number of amides is 1. The molecule has 0 bridgehead atoms. The molecular formula is C23H26N4O3. The minimum atomic E-state index is -0.190. The third-order valence-corrected chi connectivity index (χ3v) is 4.61. The van der Waals surface area contributed by atoms with Crippen molar-refractivity contribution in [1.29, 1.82) is 0 Å². The number of hydrogen-bond acceptors (Lipinski definition) is 5. The Morgan fingerprint density at radius 3 is 2.63 bits per heavy atom. The lowest BCUT2D eigenvalue weighted by Gasteiger charge is -2.13. The van der Waals surface area contributed by atoms with Gasteiger partial charge in [0, 0.05) is 18.7 Å². The van der Waals surface area contributed by atoms with Crippen molar-refractivity contribution in [2.75, 3.05) is 33.8 Å². The van der Waals surface area contributed by atoms with Gasteiger partial charge in [-0.25, -0.2) is 4.98 Å². The summed E-state index contributed by atoms with van der Waals surface area (Å²) < 4.78 is 7.08. The predicted molar refractivity (Wildman–Crippen MR) is 119 cm³/mol. The number of aromatic nitrogens is 2. The summed E-state index contributed by atoms with van der Waals surface area (Å²) >= 11 is 0. The molecule has 0 atom stereocenters. The van der Waals surface area contributed by atoms with Crippen LogP contribution in [0.4, 0.5) is 0 Å². The number of ether oxygens (including phenoxy) is 1. The number of aryl methyl sites for hydroxylation is 1. The van der Waals surface area contributed by atoms with Crippen molar-refractivity contribution in [2.45, 2.75) is 6.92 Å². The average molecular weight is 406 g/mol. The number of nitrogens with one attached hydrogen (secondary N) is 1. The monoisotopic (exact) mass is 406 g/mol. The van der Waals surface area contributed by atoms with Crippen LogP contribution < -0.4 is 15.6 Å². The molecule has 3 rings (SSSR count). The van der Waals surface area contributed by atoms with Crippen LogP contribution in [0.25, 0.3) is 16.6 Å². The Labute approximate surface area is 175 Å². The van der Waals surface area contributed by atoms with Gasteiger partial charge < -0.3 is 15.0 Å². The Balaban J connectivity index is 1.91. The molecule has 0 saturated heterocycles. The van der Waals surface area contributed by atoms with Crippen LogP contribution in [0.3, 0.4) is 0 Å². The van der Waals surface area contributed by atoms with E-state index in [1.54, 1.807) is 55.5 Å². The first-order valence-electron chi connectivity index (χ1n) is 9.71. The maximum atomic E-state index is 13.2. The number of nitrogens with zero attached hydrogens (tertiary/aromatic N) is 3. The Morgan fingerprint density at radius 1 is 1.23 bits per heavy atom. The van der Waals surface area contributed by atoms with Crippen LogP contribution in [-0.2, 0) is 0 Å². The molecular weight excluding hydrogens is 380 g/mol. The van der Waals surface area contributed by atoms with Gasteiger partial charge in [0.25, 0.3) is 11.5 Å². The van der Waals surface area contributed by atoms with Gasteiger partial charge in [-0.15, -0.1) is 0 Å². The van der Waals surface area contributed by atoms with Gasteiger partial charge in [-0.2, -0.15) is 0 Å². The summed E-state index contributed by atoms with van der Waals surface area (Å²) in [5.74, 6) is 1.00. The summed E-state index contributed by atoms with van der Waals surface area (Å²) in [6.45, 7) is 7.10. The molecule has 0 aliphatic rings. The van der Waals surface area contributed by atoms with Crippen molar-refractivity contribution in [1.82, 2.24) is 19.8 Å². The highest BCUT2D eigenvalue weighted by Crippen LogP contribution is 2.19. The van der Waals surface area contributed by atoms with Crippen molar-refractivity contribution in [3.8, 4) is 11.4 Å². The van der Waals surface area contributed by atoms with Crippen LogP contribution in [0.1, 0.15) is 16.2 Å². The molecule has 0 unspecified atom stereocenters. The van der Waals surface area contributed by atoms with Gasteiger partial charge in [0.2, 0.25) is 0 Å². The van der Waals surface area contributed by atoms with Gasteiger partial charge in [0.05, 0.1) is 16.6 Å². The summed E-state index contributed by atoms with van der Waals surface area (Å²) in [7, 11) is 3.90. The Hall–Kier alpha value is -3.45. The Morgan fingerprint density at radius 2 is 1.97 bits per heavy atom. The molecule has 7 nitrogen and oxygen atoms in total. The van der Waals surface area contributed by atoms with Gasteiger partial charge in [0.15, 0.2) is 0 Å². The van der Waals surface area contributed by atoms with E-state index in [-0.39, 0.29) is 11.5 Å². The third-order valence-electron chi connectivity index (χ3n) is 4.61. The van der Waals surface area contributed by atoms with Crippen LogP contribution in [0.2, 0.25) is 0 Å². The van der Waals surface area contributed by atoms with E-state index < -0.39 is 0 Å². The maximum absolute atomic E-state index is 13.2. The SMILES string of the molecule is C=CCOc1ccc2nc(C)n(-c3ccc(C(=O)NCCN(C)C)cc3)c(=O)c2c1. The highest BCUT2D eigenvalue weighted by molar-refractivity contribution is 5.94. The molecule has 0 radical (unpaired) electrons. The van der Waals surface area contributed by atoms with E-state index in [0.717, 1.165) is 6.54 Å². The van der Waals surface area contributed by atoms with E-state index >= 15 is 0 Å². The van der Waals surface area contributed by atoms with Crippen LogP contribution in [-0.4, -0.2) is 54.1 Å². The lowest BCUT2D eigenvalue weighted by Crippen LogP contribution is -2.31. The maximum Gasteiger partial charge on any atom is 0.266 e. The summed E-state index contributed by atoms with van der Waals surface area (Å²) in [5, 5.41) is 3.34. The lowest BCUT2D eigenvalue weighted by molar-refractivity contribution is 0.0951. The summed E-state index contributed by atoms with van der Waals surface area (Å²) in [6, 6.07) is 12.2. The molecule has 2 aromatic carbocycles. The molecule has 3 aromatic rings. The van der Waals surface area contributed by atoms with Crippen LogP contribution in [0.5, 0.6) is 5.75 Å². The topological polar surface area (TPSA) is 76.5 Å². The van der Waals surface area contributed by atoms with Crippen molar-refractivity contribution >= 4 is 16.8 Å². The zero-order valence-electron chi connectivity index (χ0n) is 17.5. The van der Waals surface area contributed by atoms with E-state index in [0.29, 0.717) is 46.9 Å². The number of likely N-dealkylation sites (N-methyl/N-ethyl adjacent to an activating group) is 1. The van der Waals surface area contributed by atoms with Crippen molar-refractivity contribution in [3.63, 3.8) is 0 Å². The zero-order valence-corrected chi connectivity index (χ0v) is 17.5. The first-order chi connectivity index (χ1) is 14.4. The number of carbonyl (C=O) groups excluding carboxylic acids is 1. The summed E-state index contributed by atoms with van der Waals surface area (Å²) in [4.78, 5) is 32.0. The fraction of sp³-hybridized carbons (Fsp3) is 0.261. The molecule has 0 spiro atoms. The molecule has 30 heavy (non-hydrogen) atoms. The van der Waals surface area contributed by atoms with Gasteiger partial charge in [-0.1, -0.05) is 12.7 Å². The molecule has 1 N–H and O–H groups in total.